The molecule has 0 aliphatic carbocycles. The van der Waals surface area contributed by atoms with E-state index in [1.165, 1.54) is 32.4 Å². The summed E-state index contributed by atoms with van der Waals surface area (Å²) in [7, 11) is 2.77. The van der Waals surface area contributed by atoms with Crippen LogP contribution in [0.15, 0.2) is 36.4 Å². The summed E-state index contributed by atoms with van der Waals surface area (Å²) in [5, 5.41) is 2.73. The van der Waals surface area contributed by atoms with E-state index >= 15 is 0 Å². The molecule has 0 spiro atoms. The molecule has 3 rings (SSSR count). The van der Waals surface area contributed by atoms with E-state index in [9.17, 15) is 19.2 Å². The summed E-state index contributed by atoms with van der Waals surface area (Å²) >= 11 is 0. The zero-order valence-electron chi connectivity index (χ0n) is 16.3. The van der Waals surface area contributed by atoms with Crippen LogP contribution in [0.4, 0.5) is 5.69 Å². The Kier molecular flexibility index (Phi) is 5.74. The average Bonchev–Trinajstić information content (AvgIpc) is 2.96. The van der Waals surface area contributed by atoms with Gasteiger partial charge in [0, 0.05) is 18.4 Å². The van der Waals surface area contributed by atoms with Gasteiger partial charge in [0.2, 0.25) is 0 Å². The molecule has 1 heterocycles. The summed E-state index contributed by atoms with van der Waals surface area (Å²) in [5.41, 5.74) is 2.01. The molecule has 3 amide bonds. The molecule has 1 aliphatic rings. The molecular formula is C21H20N2O6. The smallest absolute Gasteiger partial charge is 0.338 e. The summed E-state index contributed by atoms with van der Waals surface area (Å²) in [6.07, 6.45) is 0. The first-order chi connectivity index (χ1) is 13.9. The molecule has 0 radical (unpaired) electrons. The second-order valence-corrected chi connectivity index (χ2v) is 6.44. The van der Waals surface area contributed by atoms with Gasteiger partial charge in [-0.2, -0.15) is 0 Å². The highest BCUT2D eigenvalue weighted by atomic mass is 16.5. The first kappa shape index (κ1) is 20.2. The summed E-state index contributed by atoms with van der Waals surface area (Å²) in [5.74, 6) is -1.83. The number of anilines is 1. The van der Waals surface area contributed by atoms with E-state index in [2.05, 4.69) is 5.32 Å². The van der Waals surface area contributed by atoms with E-state index in [0.717, 1.165) is 4.90 Å². The lowest BCUT2D eigenvalue weighted by Crippen LogP contribution is -2.32. The summed E-state index contributed by atoms with van der Waals surface area (Å²) in [6, 6.07) is 9.25. The highest BCUT2D eigenvalue weighted by Crippen LogP contribution is 2.25. The fourth-order valence-corrected chi connectivity index (χ4v) is 3.11. The number of benzene rings is 2. The third kappa shape index (κ3) is 3.74. The third-order valence-corrected chi connectivity index (χ3v) is 4.74. The Labute approximate surface area is 167 Å². The third-order valence-electron chi connectivity index (χ3n) is 4.74. The van der Waals surface area contributed by atoms with Crippen molar-refractivity contribution in [2.24, 2.45) is 0 Å². The topological polar surface area (TPSA) is 102 Å². The summed E-state index contributed by atoms with van der Waals surface area (Å²) in [6.45, 7) is 2.07. The van der Waals surface area contributed by atoms with Crippen LogP contribution >= 0.6 is 0 Å². The fourth-order valence-electron chi connectivity index (χ4n) is 3.11. The number of methoxy groups -OCH3 is 2. The predicted octanol–water partition coefficient (Wildman–Crippen LogP) is 2.28. The van der Waals surface area contributed by atoms with Crippen molar-refractivity contribution in [1.82, 2.24) is 4.90 Å². The summed E-state index contributed by atoms with van der Waals surface area (Å²) < 4.78 is 9.67. The van der Waals surface area contributed by atoms with Gasteiger partial charge in [-0.15, -0.1) is 0 Å². The Balaban J connectivity index is 1.85. The number of rotatable bonds is 6. The van der Waals surface area contributed by atoms with Gasteiger partial charge >= 0.3 is 5.97 Å². The molecule has 0 saturated carbocycles. The van der Waals surface area contributed by atoms with Crippen LogP contribution in [-0.2, 0) is 9.47 Å². The fraction of sp³-hybridized carbons (Fsp3) is 0.238. The standard InChI is InChI=1S/C21H20N2O6/c1-12-14(21(27)29-3)5-4-6-17(12)22-18(24)13-7-8-15-16(11-13)20(26)23(19(15)25)9-10-28-2/h4-8,11H,9-10H2,1-3H3,(H,22,24). The molecule has 29 heavy (non-hydrogen) atoms. The van der Waals surface area contributed by atoms with Crippen LogP contribution in [-0.4, -0.2) is 56.0 Å². The molecule has 8 heteroatoms. The van der Waals surface area contributed by atoms with Gasteiger partial charge in [0.05, 0.1) is 37.0 Å². The molecule has 8 nitrogen and oxygen atoms in total. The monoisotopic (exact) mass is 396 g/mol. The summed E-state index contributed by atoms with van der Waals surface area (Å²) in [4.78, 5) is 50.5. The molecule has 2 aromatic carbocycles. The van der Waals surface area contributed by atoms with Gasteiger partial charge in [0.15, 0.2) is 0 Å². The van der Waals surface area contributed by atoms with E-state index in [4.69, 9.17) is 9.47 Å². The molecule has 0 saturated heterocycles. The van der Waals surface area contributed by atoms with Crippen molar-refractivity contribution < 1.29 is 28.7 Å². The second-order valence-electron chi connectivity index (χ2n) is 6.44. The number of hydrogen-bond donors (Lipinski definition) is 1. The van der Waals surface area contributed by atoms with Crippen molar-refractivity contribution in [3.63, 3.8) is 0 Å². The van der Waals surface area contributed by atoms with Crippen LogP contribution in [0.2, 0.25) is 0 Å². The lowest BCUT2D eigenvalue weighted by Gasteiger charge is -2.12. The first-order valence-electron chi connectivity index (χ1n) is 8.87. The number of nitrogens with one attached hydrogen (secondary N) is 1. The number of carbonyl (C=O) groups is 4. The van der Waals surface area contributed by atoms with Gasteiger partial charge in [-0.1, -0.05) is 6.07 Å². The zero-order chi connectivity index (χ0) is 21.1. The van der Waals surface area contributed by atoms with E-state index in [1.54, 1.807) is 25.1 Å². The van der Waals surface area contributed by atoms with Gasteiger partial charge in [-0.05, 0) is 42.8 Å². The number of carbonyl (C=O) groups excluding carboxylic acids is 4. The molecule has 0 atom stereocenters. The number of esters is 1. The molecule has 2 aromatic rings. The Morgan fingerprint density at radius 3 is 2.45 bits per heavy atom. The molecule has 150 valence electrons. The number of ether oxygens (including phenoxy) is 2. The quantitative estimate of drug-likeness (QED) is 0.594. The van der Waals surface area contributed by atoms with Crippen molar-refractivity contribution >= 4 is 29.4 Å². The Morgan fingerprint density at radius 2 is 1.76 bits per heavy atom. The van der Waals surface area contributed by atoms with Crippen LogP contribution < -0.4 is 5.32 Å². The number of amides is 3. The van der Waals surface area contributed by atoms with Crippen molar-refractivity contribution in [3.8, 4) is 0 Å². The predicted molar refractivity (Wildman–Crippen MR) is 104 cm³/mol. The minimum absolute atomic E-state index is 0.143. The van der Waals surface area contributed by atoms with E-state index < -0.39 is 23.7 Å². The number of nitrogens with zero attached hydrogens (tertiary/aromatic N) is 1. The normalized spacial score (nSPS) is 12.7. The van der Waals surface area contributed by atoms with Crippen molar-refractivity contribution in [2.75, 3.05) is 32.7 Å². The molecule has 0 fully saturated rings. The molecule has 1 aliphatic heterocycles. The lowest BCUT2D eigenvalue weighted by atomic mass is 10.0. The molecule has 1 N–H and O–H groups in total. The number of imide groups is 1. The van der Waals surface area contributed by atoms with Crippen LogP contribution in [0.1, 0.15) is 47.0 Å². The maximum atomic E-state index is 12.7. The Morgan fingerprint density at radius 1 is 1.03 bits per heavy atom. The first-order valence-corrected chi connectivity index (χ1v) is 8.87. The minimum Gasteiger partial charge on any atom is -0.465 e. The van der Waals surface area contributed by atoms with E-state index in [-0.39, 0.29) is 29.8 Å². The van der Waals surface area contributed by atoms with Gasteiger partial charge in [0.25, 0.3) is 17.7 Å². The van der Waals surface area contributed by atoms with Crippen LogP contribution in [0, 0.1) is 6.92 Å². The Hall–Kier alpha value is -3.52. The maximum Gasteiger partial charge on any atom is 0.338 e. The maximum absolute atomic E-state index is 12.7. The van der Waals surface area contributed by atoms with E-state index in [0.29, 0.717) is 16.8 Å². The van der Waals surface area contributed by atoms with Gasteiger partial charge in [0.1, 0.15) is 0 Å². The van der Waals surface area contributed by atoms with Gasteiger partial charge in [-0.3, -0.25) is 19.3 Å². The van der Waals surface area contributed by atoms with Crippen LogP contribution in [0.25, 0.3) is 0 Å². The van der Waals surface area contributed by atoms with E-state index in [1.807, 2.05) is 0 Å². The number of fused-ring (bicyclic) bond motifs is 1. The molecular weight excluding hydrogens is 376 g/mol. The lowest BCUT2D eigenvalue weighted by molar-refractivity contribution is 0.0590. The van der Waals surface area contributed by atoms with Crippen molar-refractivity contribution in [3.05, 3.63) is 64.2 Å². The SMILES string of the molecule is COCCN1C(=O)c2ccc(C(=O)Nc3cccc(C(=O)OC)c3C)cc2C1=O. The zero-order valence-corrected chi connectivity index (χ0v) is 16.3. The highest BCUT2D eigenvalue weighted by molar-refractivity contribution is 6.22. The van der Waals surface area contributed by atoms with Crippen LogP contribution in [0.5, 0.6) is 0 Å². The average molecular weight is 396 g/mol. The Bertz CT molecular complexity index is 1010. The number of hydrogen-bond acceptors (Lipinski definition) is 6. The van der Waals surface area contributed by atoms with Crippen molar-refractivity contribution in [2.45, 2.75) is 6.92 Å². The van der Waals surface area contributed by atoms with Crippen molar-refractivity contribution in [1.29, 1.82) is 0 Å². The van der Waals surface area contributed by atoms with Gasteiger partial charge < -0.3 is 14.8 Å². The minimum atomic E-state index is -0.503. The largest absolute Gasteiger partial charge is 0.465 e. The highest BCUT2D eigenvalue weighted by Gasteiger charge is 2.35. The second kappa shape index (κ2) is 8.24. The van der Waals surface area contributed by atoms with Gasteiger partial charge in [-0.25, -0.2) is 4.79 Å². The molecule has 0 bridgehead atoms. The van der Waals surface area contributed by atoms with Crippen LogP contribution in [0.3, 0.4) is 0 Å². The molecule has 0 aromatic heterocycles. The molecule has 0 unspecified atom stereocenters.